The fourth-order valence-corrected chi connectivity index (χ4v) is 5.46. The molecule has 36 heavy (non-hydrogen) atoms. The summed E-state index contributed by atoms with van der Waals surface area (Å²) >= 11 is 0. The fourth-order valence-electron chi connectivity index (χ4n) is 5.46. The molecule has 7 heteroatoms. The number of amides is 2. The Morgan fingerprint density at radius 2 is 1.89 bits per heavy atom. The van der Waals surface area contributed by atoms with E-state index in [1.807, 2.05) is 42.0 Å². The molecule has 2 aromatic carbocycles. The smallest absolute Gasteiger partial charge is 0.263 e. The first-order valence-corrected chi connectivity index (χ1v) is 13.0. The van der Waals surface area contributed by atoms with Crippen LogP contribution in [0.2, 0.25) is 0 Å². The summed E-state index contributed by atoms with van der Waals surface area (Å²) in [5, 5.41) is 0. The Morgan fingerprint density at radius 1 is 1.11 bits per heavy atom. The van der Waals surface area contributed by atoms with Crippen molar-refractivity contribution in [2.45, 2.75) is 58.0 Å². The molecule has 2 aliphatic heterocycles. The Labute approximate surface area is 213 Å². The minimum atomic E-state index is -0.549. The van der Waals surface area contributed by atoms with Gasteiger partial charge in [0.2, 0.25) is 5.91 Å². The van der Waals surface area contributed by atoms with Crippen LogP contribution >= 0.6 is 0 Å². The van der Waals surface area contributed by atoms with Gasteiger partial charge in [0.25, 0.3) is 5.91 Å². The number of likely N-dealkylation sites (tertiary alicyclic amines) is 1. The predicted octanol–water partition coefficient (Wildman–Crippen LogP) is 4.86. The van der Waals surface area contributed by atoms with Gasteiger partial charge in [0.05, 0.1) is 13.0 Å². The van der Waals surface area contributed by atoms with Crippen LogP contribution in [0.4, 0.5) is 4.39 Å². The largest absolute Gasteiger partial charge is 0.493 e. The van der Waals surface area contributed by atoms with Gasteiger partial charge in [-0.2, -0.15) is 0 Å². The van der Waals surface area contributed by atoms with Gasteiger partial charge in [-0.05, 0) is 68.2 Å². The molecular formula is C29H37FN2O4. The van der Waals surface area contributed by atoms with Crippen molar-refractivity contribution in [3.05, 3.63) is 59.9 Å². The first-order chi connectivity index (χ1) is 17.3. The van der Waals surface area contributed by atoms with E-state index in [1.165, 1.54) is 12.1 Å². The highest BCUT2D eigenvalue weighted by molar-refractivity contribution is 5.80. The quantitative estimate of drug-likeness (QED) is 0.607. The highest BCUT2D eigenvalue weighted by Gasteiger charge is 2.38. The maximum Gasteiger partial charge on any atom is 0.263 e. The van der Waals surface area contributed by atoms with E-state index < -0.39 is 6.10 Å². The third-order valence-electron chi connectivity index (χ3n) is 7.53. The zero-order chi connectivity index (χ0) is 25.5. The van der Waals surface area contributed by atoms with Crippen LogP contribution in [0.15, 0.2) is 48.5 Å². The lowest BCUT2D eigenvalue weighted by atomic mass is 9.73. The number of carbonyl (C=O) groups excluding carboxylic acids is 2. The summed E-state index contributed by atoms with van der Waals surface area (Å²) in [5.41, 5.74) is 1.15. The molecule has 2 aromatic rings. The number of para-hydroxylation sites is 1. The van der Waals surface area contributed by atoms with E-state index in [0.29, 0.717) is 25.4 Å². The van der Waals surface area contributed by atoms with Gasteiger partial charge >= 0.3 is 0 Å². The molecule has 2 aliphatic rings. The topological polar surface area (TPSA) is 59.1 Å². The maximum atomic E-state index is 13.3. The van der Waals surface area contributed by atoms with E-state index >= 15 is 0 Å². The molecule has 0 aliphatic carbocycles. The van der Waals surface area contributed by atoms with Crippen LogP contribution in [0.3, 0.4) is 0 Å². The van der Waals surface area contributed by atoms with Crippen molar-refractivity contribution in [1.29, 1.82) is 0 Å². The number of piperidine rings is 1. The lowest BCUT2D eigenvalue weighted by molar-refractivity contribution is -0.140. The molecule has 6 nitrogen and oxygen atoms in total. The minimum absolute atomic E-state index is 0.00229. The Kier molecular flexibility index (Phi) is 8.49. The average molecular weight is 497 g/mol. The minimum Gasteiger partial charge on any atom is -0.493 e. The molecule has 0 aromatic heterocycles. The van der Waals surface area contributed by atoms with E-state index in [9.17, 15) is 14.0 Å². The van der Waals surface area contributed by atoms with E-state index in [2.05, 4.69) is 6.07 Å². The Balaban J connectivity index is 1.34. The molecule has 1 atom stereocenters. The number of halogens is 1. The number of rotatable bonds is 4. The number of aryl methyl sites for hydroxylation is 1. The second-order valence-electron chi connectivity index (χ2n) is 10.2. The molecule has 0 N–H and O–H groups in total. The van der Waals surface area contributed by atoms with Crippen LogP contribution in [0.5, 0.6) is 11.5 Å². The number of carbonyl (C=O) groups is 2. The SMILES string of the molecule is C[C@H]1Oc2ccccc2CCCCC2(CCN(C(=O)CCOc3cccc(F)c3)CC2)CN(C)C1=O. The molecule has 0 unspecified atom stereocenters. The number of likely N-dealkylation sites (N-methyl/N-ethyl adjacent to an activating group) is 1. The third kappa shape index (κ3) is 6.56. The first kappa shape index (κ1) is 26.0. The van der Waals surface area contributed by atoms with Crippen molar-refractivity contribution in [1.82, 2.24) is 9.80 Å². The number of hydrogen-bond acceptors (Lipinski definition) is 4. The van der Waals surface area contributed by atoms with Gasteiger partial charge in [0, 0.05) is 32.7 Å². The average Bonchev–Trinajstić information content (AvgIpc) is 2.87. The molecule has 2 amide bonds. The third-order valence-corrected chi connectivity index (χ3v) is 7.53. The Morgan fingerprint density at radius 3 is 2.67 bits per heavy atom. The van der Waals surface area contributed by atoms with E-state index in [-0.39, 0.29) is 36.1 Å². The van der Waals surface area contributed by atoms with Crippen molar-refractivity contribution in [3.63, 3.8) is 0 Å². The van der Waals surface area contributed by atoms with Crippen LogP contribution in [0, 0.1) is 11.2 Å². The molecule has 1 fully saturated rings. The van der Waals surface area contributed by atoms with Crippen LogP contribution < -0.4 is 9.47 Å². The molecule has 1 saturated heterocycles. The maximum absolute atomic E-state index is 13.3. The predicted molar refractivity (Wildman–Crippen MR) is 136 cm³/mol. The summed E-state index contributed by atoms with van der Waals surface area (Å²) < 4.78 is 24.9. The van der Waals surface area contributed by atoms with Gasteiger partial charge in [-0.1, -0.05) is 30.7 Å². The van der Waals surface area contributed by atoms with Crippen molar-refractivity contribution in [2.75, 3.05) is 33.3 Å². The van der Waals surface area contributed by atoms with Crippen molar-refractivity contribution in [3.8, 4) is 11.5 Å². The summed E-state index contributed by atoms with van der Waals surface area (Å²) in [6.45, 7) is 4.07. The van der Waals surface area contributed by atoms with E-state index in [1.54, 1.807) is 12.1 Å². The van der Waals surface area contributed by atoms with Crippen LogP contribution in [0.1, 0.15) is 51.0 Å². The number of benzene rings is 2. The van der Waals surface area contributed by atoms with Gasteiger partial charge < -0.3 is 19.3 Å². The number of nitrogens with zero attached hydrogens (tertiary/aromatic N) is 2. The van der Waals surface area contributed by atoms with Gasteiger partial charge in [-0.25, -0.2) is 4.39 Å². The molecule has 1 spiro atoms. The molecule has 2 heterocycles. The van der Waals surface area contributed by atoms with E-state index in [0.717, 1.165) is 49.8 Å². The monoisotopic (exact) mass is 496 g/mol. The van der Waals surface area contributed by atoms with Gasteiger partial charge in [0.15, 0.2) is 6.10 Å². The lowest BCUT2D eigenvalue weighted by Gasteiger charge is -2.44. The standard InChI is InChI=1S/C29H37FN2O4/c1-22-28(34)31(2)21-29(14-6-5-9-23-8-3-4-12-26(23)36-22)15-17-32(18-16-29)27(33)13-19-35-25-11-7-10-24(30)20-25/h3-4,7-8,10-12,20,22H,5-6,9,13-19,21H2,1-2H3/t22-/m1/s1. The lowest BCUT2D eigenvalue weighted by Crippen LogP contribution is -2.50. The Bertz CT molecular complexity index is 1050. The van der Waals surface area contributed by atoms with Gasteiger partial charge in [-0.15, -0.1) is 0 Å². The molecule has 0 radical (unpaired) electrons. The zero-order valence-corrected chi connectivity index (χ0v) is 21.4. The van der Waals surface area contributed by atoms with E-state index in [4.69, 9.17) is 9.47 Å². The van der Waals surface area contributed by atoms with Gasteiger partial charge in [0.1, 0.15) is 17.3 Å². The van der Waals surface area contributed by atoms with Gasteiger partial charge in [-0.3, -0.25) is 9.59 Å². The highest BCUT2D eigenvalue weighted by Crippen LogP contribution is 2.38. The second-order valence-corrected chi connectivity index (χ2v) is 10.2. The second kappa shape index (κ2) is 11.8. The normalized spacial score (nSPS) is 20.6. The molecule has 0 saturated carbocycles. The summed E-state index contributed by atoms with van der Waals surface area (Å²) in [7, 11) is 1.86. The summed E-state index contributed by atoms with van der Waals surface area (Å²) in [6.07, 6.45) is 5.55. The fraction of sp³-hybridized carbons (Fsp3) is 0.517. The number of ether oxygens (including phenoxy) is 2. The molecule has 4 rings (SSSR count). The summed E-state index contributed by atoms with van der Waals surface area (Å²) in [5.74, 6) is 0.915. The number of fused-ring (bicyclic) bond motifs is 1. The van der Waals surface area contributed by atoms with Crippen molar-refractivity contribution < 1.29 is 23.5 Å². The van der Waals surface area contributed by atoms with Crippen molar-refractivity contribution in [2.24, 2.45) is 5.41 Å². The molecule has 194 valence electrons. The highest BCUT2D eigenvalue weighted by atomic mass is 19.1. The zero-order valence-electron chi connectivity index (χ0n) is 21.4. The van der Waals surface area contributed by atoms with Crippen LogP contribution in [-0.4, -0.2) is 61.0 Å². The van der Waals surface area contributed by atoms with Crippen LogP contribution in [-0.2, 0) is 16.0 Å². The first-order valence-electron chi connectivity index (χ1n) is 13.0. The van der Waals surface area contributed by atoms with Crippen LogP contribution in [0.25, 0.3) is 0 Å². The number of hydrogen-bond donors (Lipinski definition) is 0. The molecular weight excluding hydrogens is 459 g/mol. The van der Waals surface area contributed by atoms with Crippen molar-refractivity contribution >= 4 is 11.8 Å². The Hall–Kier alpha value is -3.09. The molecule has 0 bridgehead atoms. The summed E-state index contributed by atoms with van der Waals surface area (Å²) in [4.78, 5) is 29.6. The summed E-state index contributed by atoms with van der Waals surface area (Å²) in [6, 6.07) is 14.0.